The molecule has 1 heterocycles. The molecule has 4 nitrogen and oxygen atoms in total. The van der Waals surface area contributed by atoms with Crippen molar-refractivity contribution in [2.75, 3.05) is 19.6 Å². The summed E-state index contributed by atoms with van der Waals surface area (Å²) in [4.78, 5) is 14.4. The van der Waals surface area contributed by atoms with E-state index in [2.05, 4.69) is 18.3 Å². The van der Waals surface area contributed by atoms with Crippen molar-refractivity contribution >= 4 is 5.91 Å². The minimum atomic E-state index is 0.0594. The van der Waals surface area contributed by atoms with Gasteiger partial charge >= 0.3 is 0 Å². The molecule has 0 radical (unpaired) electrons. The van der Waals surface area contributed by atoms with Gasteiger partial charge in [0, 0.05) is 19.6 Å². The van der Waals surface area contributed by atoms with Crippen LogP contribution in [0.25, 0.3) is 0 Å². The molecule has 0 aromatic heterocycles. The Balaban J connectivity index is 2.13. The first-order valence-corrected chi connectivity index (χ1v) is 7.14. The monoisotopic (exact) mass is 271 g/mol. The van der Waals surface area contributed by atoms with Crippen molar-refractivity contribution in [3.05, 3.63) is 35.4 Å². The molecule has 1 aromatic carbocycles. The van der Waals surface area contributed by atoms with Gasteiger partial charge in [0.2, 0.25) is 5.91 Å². The largest absolute Gasteiger partial charge is 0.338 e. The van der Waals surface area contributed by atoms with E-state index in [0.29, 0.717) is 24.6 Å². The van der Waals surface area contributed by atoms with Gasteiger partial charge in [-0.2, -0.15) is 5.26 Å². The van der Waals surface area contributed by atoms with Gasteiger partial charge in [0.25, 0.3) is 0 Å². The average Bonchev–Trinajstić information content (AvgIpc) is 2.90. The number of nitrogens with zero attached hydrogens (tertiary/aromatic N) is 2. The third-order valence-electron chi connectivity index (χ3n) is 4.03. The Morgan fingerprint density at radius 3 is 2.80 bits per heavy atom. The number of amides is 1. The van der Waals surface area contributed by atoms with Crippen LogP contribution in [0.15, 0.2) is 24.3 Å². The van der Waals surface area contributed by atoms with Gasteiger partial charge in [-0.1, -0.05) is 25.1 Å². The second-order valence-electron chi connectivity index (χ2n) is 5.36. The van der Waals surface area contributed by atoms with Crippen LogP contribution in [0.4, 0.5) is 0 Å². The van der Waals surface area contributed by atoms with E-state index in [1.807, 2.05) is 30.0 Å². The molecular formula is C16H21N3O. The fraction of sp³-hybridized carbons (Fsp3) is 0.500. The predicted octanol–water partition coefficient (Wildman–Crippen LogP) is 1.76. The molecule has 0 aliphatic carbocycles. The number of benzene rings is 1. The van der Waals surface area contributed by atoms with Crippen LogP contribution >= 0.6 is 0 Å². The molecule has 1 fully saturated rings. The molecule has 1 aliphatic rings. The van der Waals surface area contributed by atoms with Crippen LogP contribution in [0, 0.1) is 23.2 Å². The number of nitriles is 1. The Kier molecular flexibility index (Phi) is 4.75. The van der Waals surface area contributed by atoms with Crippen molar-refractivity contribution in [3.63, 3.8) is 0 Å². The highest BCUT2D eigenvalue weighted by molar-refractivity contribution is 5.79. The minimum Gasteiger partial charge on any atom is -0.338 e. The van der Waals surface area contributed by atoms with Gasteiger partial charge < -0.3 is 10.2 Å². The molecule has 1 amide bonds. The SMILES string of the molecule is CCN(Cc1ccccc1C#N)C(=O)[C@@H]1CNC[C@H]1C. The smallest absolute Gasteiger partial charge is 0.227 e. The van der Waals surface area contributed by atoms with Gasteiger partial charge in [-0.25, -0.2) is 0 Å². The second kappa shape index (κ2) is 6.53. The van der Waals surface area contributed by atoms with E-state index < -0.39 is 0 Å². The fourth-order valence-corrected chi connectivity index (χ4v) is 2.69. The van der Waals surface area contributed by atoms with E-state index in [1.165, 1.54) is 0 Å². The minimum absolute atomic E-state index is 0.0594. The highest BCUT2D eigenvalue weighted by atomic mass is 16.2. The summed E-state index contributed by atoms with van der Waals surface area (Å²) in [6, 6.07) is 9.67. The number of rotatable bonds is 4. The van der Waals surface area contributed by atoms with Gasteiger partial charge in [0.15, 0.2) is 0 Å². The van der Waals surface area contributed by atoms with Crippen molar-refractivity contribution in [1.29, 1.82) is 5.26 Å². The highest BCUT2D eigenvalue weighted by Crippen LogP contribution is 2.20. The van der Waals surface area contributed by atoms with Crippen LogP contribution in [0.5, 0.6) is 0 Å². The number of carbonyl (C=O) groups is 1. The Morgan fingerprint density at radius 1 is 1.45 bits per heavy atom. The molecule has 0 unspecified atom stereocenters. The molecule has 2 rings (SSSR count). The van der Waals surface area contributed by atoms with Crippen LogP contribution in [-0.4, -0.2) is 30.4 Å². The Hall–Kier alpha value is -1.86. The summed E-state index contributed by atoms with van der Waals surface area (Å²) in [5.74, 6) is 0.629. The van der Waals surface area contributed by atoms with Crippen LogP contribution in [-0.2, 0) is 11.3 Å². The third kappa shape index (κ3) is 3.00. The van der Waals surface area contributed by atoms with Gasteiger partial charge in [-0.05, 0) is 31.0 Å². The van der Waals surface area contributed by atoms with Crippen molar-refractivity contribution in [2.45, 2.75) is 20.4 Å². The molecule has 4 heteroatoms. The van der Waals surface area contributed by atoms with Crippen LogP contribution < -0.4 is 5.32 Å². The first-order valence-electron chi connectivity index (χ1n) is 7.14. The second-order valence-corrected chi connectivity index (χ2v) is 5.36. The number of hydrogen-bond acceptors (Lipinski definition) is 3. The number of carbonyl (C=O) groups excluding carboxylic acids is 1. The quantitative estimate of drug-likeness (QED) is 0.908. The summed E-state index contributed by atoms with van der Waals surface area (Å²) in [5, 5.41) is 12.4. The molecule has 1 saturated heterocycles. The Morgan fingerprint density at radius 2 is 2.20 bits per heavy atom. The summed E-state index contributed by atoms with van der Waals surface area (Å²) >= 11 is 0. The summed E-state index contributed by atoms with van der Waals surface area (Å²) in [6.07, 6.45) is 0. The van der Waals surface area contributed by atoms with Gasteiger partial charge in [-0.15, -0.1) is 0 Å². The molecular weight excluding hydrogens is 250 g/mol. The van der Waals surface area contributed by atoms with Crippen LogP contribution in [0.1, 0.15) is 25.0 Å². The summed E-state index contributed by atoms with van der Waals surface area (Å²) in [7, 11) is 0. The molecule has 2 atom stereocenters. The van der Waals surface area contributed by atoms with Gasteiger partial charge in [0.05, 0.1) is 17.6 Å². The third-order valence-corrected chi connectivity index (χ3v) is 4.03. The van der Waals surface area contributed by atoms with Crippen molar-refractivity contribution in [2.24, 2.45) is 11.8 Å². The summed E-state index contributed by atoms with van der Waals surface area (Å²) in [6.45, 7) is 6.95. The van der Waals surface area contributed by atoms with E-state index in [4.69, 9.17) is 5.26 Å². The Labute approximate surface area is 120 Å². The molecule has 106 valence electrons. The van der Waals surface area contributed by atoms with E-state index in [0.717, 1.165) is 18.7 Å². The maximum absolute atomic E-state index is 12.6. The molecule has 1 N–H and O–H groups in total. The number of nitrogens with one attached hydrogen (secondary N) is 1. The predicted molar refractivity (Wildman–Crippen MR) is 77.8 cm³/mol. The Bertz CT molecular complexity index is 521. The maximum atomic E-state index is 12.6. The summed E-state index contributed by atoms with van der Waals surface area (Å²) < 4.78 is 0. The van der Waals surface area contributed by atoms with Gasteiger partial charge in [0.1, 0.15) is 0 Å². The van der Waals surface area contributed by atoms with Crippen LogP contribution in [0.3, 0.4) is 0 Å². The zero-order valence-electron chi connectivity index (χ0n) is 12.1. The van der Waals surface area contributed by atoms with Gasteiger partial charge in [-0.3, -0.25) is 4.79 Å². The fourth-order valence-electron chi connectivity index (χ4n) is 2.69. The van der Waals surface area contributed by atoms with Crippen LogP contribution in [0.2, 0.25) is 0 Å². The lowest BCUT2D eigenvalue weighted by atomic mass is 9.96. The highest BCUT2D eigenvalue weighted by Gasteiger charge is 2.32. The van der Waals surface area contributed by atoms with Crippen molar-refractivity contribution < 1.29 is 4.79 Å². The lowest BCUT2D eigenvalue weighted by Crippen LogP contribution is -2.38. The molecule has 0 spiro atoms. The zero-order chi connectivity index (χ0) is 14.5. The lowest BCUT2D eigenvalue weighted by Gasteiger charge is -2.26. The van der Waals surface area contributed by atoms with E-state index in [9.17, 15) is 4.79 Å². The molecule has 0 bridgehead atoms. The van der Waals surface area contributed by atoms with E-state index in [-0.39, 0.29) is 11.8 Å². The van der Waals surface area contributed by atoms with E-state index >= 15 is 0 Å². The first kappa shape index (κ1) is 14.5. The first-order chi connectivity index (χ1) is 9.67. The molecule has 0 saturated carbocycles. The maximum Gasteiger partial charge on any atom is 0.227 e. The molecule has 1 aliphatic heterocycles. The van der Waals surface area contributed by atoms with E-state index in [1.54, 1.807) is 6.07 Å². The zero-order valence-corrected chi connectivity index (χ0v) is 12.1. The lowest BCUT2D eigenvalue weighted by molar-refractivity contribution is -0.136. The van der Waals surface area contributed by atoms with Crippen molar-refractivity contribution in [1.82, 2.24) is 10.2 Å². The average molecular weight is 271 g/mol. The van der Waals surface area contributed by atoms with Crippen molar-refractivity contribution in [3.8, 4) is 6.07 Å². The normalized spacial score (nSPS) is 21.4. The standard InChI is InChI=1S/C16H21N3O/c1-3-19(16(20)15-10-18-9-12(15)2)11-14-7-5-4-6-13(14)8-17/h4-7,12,15,18H,3,9-11H2,1-2H3/t12-,15-/m1/s1. The molecule has 1 aromatic rings. The molecule has 20 heavy (non-hydrogen) atoms. The number of hydrogen-bond donors (Lipinski definition) is 1. The summed E-state index contributed by atoms with van der Waals surface area (Å²) in [5.41, 5.74) is 1.57. The topological polar surface area (TPSA) is 56.1 Å².